The van der Waals surface area contributed by atoms with Gasteiger partial charge >= 0.3 is 11.8 Å². The normalized spacial score (nSPS) is 11.4. The maximum atomic E-state index is 11.9. The number of benzene rings is 2. The van der Waals surface area contributed by atoms with Crippen LogP contribution in [0.4, 0.5) is 5.69 Å². The minimum atomic E-state index is -0.913. The van der Waals surface area contributed by atoms with Crippen LogP contribution in [0.2, 0.25) is 10.0 Å². The first-order valence-corrected chi connectivity index (χ1v) is 8.05. The van der Waals surface area contributed by atoms with Gasteiger partial charge in [-0.3, -0.25) is 9.59 Å². The fourth-order valence-electron chi connectivity index (χ4n) is 1.78. The van der Waals surface area contributed by atoms with Gasteiger partial charge in [0.05, 0.1) is 16.4 Å². The highest BCUT2D eigenvalue weighted by Crippen LogP contribution is 2.25. The van der Waals surface area contributed by atoms with Crippen LogP contribution in [0.1, 0.15) is 12.5 Å². The van der Waals surface area contributed by atoms with Crippen LogP contribution in [-0.2, 0) is 9.59 Å². The van der Waals surface area contributed by atoms with Crippen LogP contribution < -0.4 is 10.7 Å². The molecule has 2 rings (SSSR count). The summed E-state index contributed by atoms with van der Waals surface area (Å²) in [7, 11) is 0. The molecule has 0 fully saturated rings. The Morgan fingerprint density at radius 2 is 1.76 bits per heavy atom. The Morgan fingerprint density at radius 3 is 2.48 bits per heavy atom. The van der Waals surface area contributed by atoms with Gasteiger partial charge in [0, 0.05) is 5.02 Å². The highest BCUT2D eigenvalue weighted by molar-refractivity contribution is 6.42. The van der Waals surface area contributed by atoms with Gasteiger partial charge in [0.25, 0.3) is 0 Å². The summed E-state index contributed by atoms with van der Waals surface area (Å²) in [5.74, 6) is -1.81. The molecule has 0 bridgehead atoms. The van der Waals surface area contributed by atoms with E-state index >= 15 is 0 Å². The molecule has 2 amide bonds. The van der Waals surface area contributed by atoms with Crippen LogP contribution in [0.15, 0.2) is 59.7 Å². The monoisotopic (exact) mass is 375 g/mol. The van der Waals surface area contributed by atoms with Gasteiger partial charge in [-0.15, -0.1) is 0 Å². The molecule has 0 aliphatic rings. The minimum absolute atomic E-state index is 0.249. The number of rotatable bonds is 4. The van der Waals surface area contributed by atoms with Crippen LogP contribution >= 0.6 is 23.2 Å². The predicted octanol–water partition coefficient (Wildman–Crippen LogP) is 4.14. The summed E-state index contributed by atoms with van der Waals surface area (Å²) in [5, 5.41) is 6.89. The molecule has 0 atom stereocenters. The molecule has 0 unspecified atom stereocenters. The van der Waals surface area contributed by atoms with Gasteiger partial charge in [-0.25, -0.2) is 5.43 Å². The maximum Gasteiger partial charge on any atom is 0.329 e. The second-order valence-corrected chi connectivity index (χ2v) is 5.86. The Balaban J connectivity index is 1.93. The molecule has 0 radical (unpaired) electrons. The summed E-state index contributed by atoms with van der Waals surface area (Å²) in [6, 6.07) is 14.2. The predicted molar refractivity (Wildman–Crippen MR) is 102 cm³/mol. The van der Waals surface area contributed by atoms with Crippen LogP contribution in [0.25, 0.3) is 6.08 Å². The Kier molecular flexibility index (Phi) is 6.74. The van der Waals surface area contributed by atoms with Crippen LogP contribution in [0.3, 0.4) is 0 Å². The van der Waals surface area contributed by atoms with Gasteiger partial charge in [0.1, 0.15) is 0 Å². The number of carbonyl (C=O) groups excluding carboxylic acids is 2. The standard InChI is InChI=1S/C18H15Cl2N3O2/c1-12(7-8-13-5-3-2-4-6-13)22-23-18(25)17(24)21-16-11-14(19)9-10-15(16)20/h2-11H,1H3,(H,21,24)(H,23,25)/b8-7+,22-12+. The number of hydrazone groups is 1. The quantitative estimate of drug-likeness (QED) is 0.478. The zero-order chi connectivity index (χ0) is 18.2. The zero-order valence-electron chi connectivity index (χ0n) is 13.3. The van der Waals surface area contributed by atoms with E-state index in [1.165, 1.54) is 12.1 Å². The van der Waals surface area contributed by atoms with E-state index in [0.29, 0.717) is 10.7 Å². The molecule has 2 aromatic rings. The molecular weight excluding hydrogens is 361 g/mol. The first-order chi connectivity index (χ1) is 12.0. The van der Waals surface area contributed by atoms with Crippen molar-refractivity contribution in [3.63, 3.8) is 0 Å². The van der Waals surface area contributed by atoms with E-state index in [1.54, 1.807) is 19.1 Å². The molecule has 7 heteroatoms. The Labute approximate surface area is 155 Å². The second-order valence-electron chi connectivity index (χ2n) is 5.02. The average Bonchev–Trinajstić information content (AvgIpc) is 2.61. The fourth-order valence-corrected chi connectivity index (χ4v) is 2.12. The molecule has 5 nitrogen and oxygen atoms in total. The van der Waals surface area contributed by atoms with E-state index in [4.69, 9.17) is 23.2 Å². The lowest BCUT2D eigenvalue weighted by Gasteiger charge is -2.06. The third-order valence-corrected chi connectivity index (χ3v) is 3.60. The molecule has 0 aliphatic heterocycles. The number of hydrogen-bond donors (Lipinski definition) is 2. The number of allylic oxidation sites excluding steroid dienone is 1. The van der Waals surface area contributed by atoms with Crippen LogP contribution in [0.5, 0.6) is 0 Å². The lowest BCUT2D eigenvalue weighted by molar-refractivity contribution is -0.136. The zero-order valence-corrected chi connectivity index (χ0v) is 14.8. The van der Waals surface area contributed by atoms with Crippen LogP contribution in [-0.4, -0.2) is 17.5 Å². The molecular formula is C18H15Cl2N3O2. The van der Waals surface area contributed by atoms with Gasteiger partial charge in [-0.2, -0.15) is 5.10 Å². The second kappa shape index (κ2) is 9.01. The van der Waals surface area contributed by atoms with Gasteiger partial charge < -0.3 is 5.32 Å². The minimum Gasteiger partial charge on any atom is -0.316 e. The van der Waals surface area contributed by atoms with Gasteiger partial charge in [0.2, 0.25) is 0 Å². The molecule has 0 aromatic heterocycles. The van der Waals surface area contributed by atoms with E-state index in [0.717, 1.165) is 5.56 Å². The molecule has 0 spiro atoms. The largest absolute Gasteiger partial charge is 0.329 e. The van der Waals surface area contributed by atoms with Gasteiger partial charge in [-0.05, 0) is 36.8 Å². The van der Waals surface area contributed by atoms with Crippen molar-refractivity contribution in [2.75, 3.05) is 5.32 Å². The van der Waals surface area contributed by atoms with Crippen LogP contribution in [0, 0.1) is 0 Å². The molecule has 128 valence electrons. The topological polar surface area (TPSA) is 70.6 Å². The summed E-state index contributed by atoms with van der Waals surface area (Å²) in [4.78, 5) is 23.6. The molecule has 0 aliphatic carbocycles. The average molecular weight is 376 g/mol. The number of hydrogen-bond acceptors (Lipinski definition) is 3. The number of halogens is 2. The van der Waals surface area contributed by atoms with E-state index in [9.17, 15) is 9.59 Å². The van der Waals surface area contributed by atoms with Gasteiger partial charge in [-0.1, -0.05) is 59.6 Å². The molecule has 2 aromatic carbocycles. The van der Waals surface area contributed by atoms with Crippen molar-refractivity contribution in [1.29, 1.82) is 0 Å². The van der Waals surface area contributed by atoms with Crippen molar-refractivity contribution in [3.05, 3.63) is 70.2 Å². The summed E-state index contributed by atoms with van der Waals surface area (Å²) < 4.78 is 0. The highest BCUT2D eigenvalue weighted by atomic mass is 35.5. The maximum absolute atomic E-state index is 11.9. The first-order valence-electron chi connectivity index (χ1n) is 7.29. The molecule has 2 N–H and O–H groups in total. The van der Waals surface area contributed by atoms with E-state index in [1.807, 2.05) is 36.4 Å². The lowest BCUT2D eigenvalue weighted by atomic mass is 10.2. The van der Waals surface area contributed by atoms with Gasteiger partial charge in [0.15, 0.2) is 0 Å². The third-order valence-electron chi connectivity index (χ3n) is 3.03. The summed E-state index contributed by atoms with van der Waals surface area (Å²) >= 11 is 11.8. The molecule has 25 heavy (non-hydrogen) atoms. The fraction of sp³-hybridized carbons (Fsp3) is 0.0556. The van der Waals surface area contributed by atoms with E-state index < -0.39 is 11.8 Å². The number of amides is 2. The first kappa shape index (κ1) is 18.7. The third kappa shape index (κ3) is 6.06. The van der Waals surface area contributed by atoms with E-state index in [-0.39, 0.29) is 10.7 Å². The highest BCUT2D eigenvalue weighted by Gasteiger charge is 2.14. The Morgan fingerprint density at radius 1 is 1.04 bits per heavy atom. The van der Waals surface area contributed by atoms with Crippen molar-refractivity contribution >= 4 is 52.5 Å². The molecule has 0 saturated carbocycles. The Bertz CT molecular complexity index is 833. The number of anilines is 1. The smallest absolute Gasteiger partial charge is 0.316 e. The summed E-state index contributed by atoms with van der Waals surface area (Å²) in [5.41, 5.74) is 3.96. The molecule has 0 saturated heterocycles. The van der Waals surface area contributed by atoms with E-state index in [2.05, 4.69) is 15.8 Å². The van der Waals surface area contributed by atoms with Crippen molar-refractivity contribution in [3.8, 4) is 0 Å². The van der Waals surface area contributed by atoms with Crippen molar-refractivity contribution in [1.82, 2.24) is 5.43 Å². The number of nitrogens with zero attached hydrogens (tertiary/aromatic N) is 1. The lowest BCUT2D eigenvalue weighted by Crippen LogP contribution is -2.32. The van der Waals surface area contributed by atoms with Crippen molar-refractivity contribution in [2.24, 2.45) is 5.10 Å². The van der Waals surface area contributed by atoms with Crippen molar-refractivity contribution < 1.29 is 9.59 Å². The molecule has 0 heterocycles. The number of nitrogens with one attached hydrogen (secondary N) is 2. The SMILES string of the molecule is CC(/C=C/c1ccccc1)=N\NC(=O)C(=O)Nc1cc(Cl)ccc1Cl. The summed E-state index contributed by atoms with van der Waals surface area (Å²) in [6.45, 7) is 1.70. The summed E-state index contributed by atoms with van der Waals surface area (Å²) in [6.07, 6.45) is 3.57. The Hall–Kier alpha value is -2.63. The number of carbonyl (C=O) groups is 2. The van der Waals surface area contributed by atoms with Crippen molar-refractivity contribution in [2.45, 2.75) is 6.92 Å².